The zero-order valence-corrected chi connectivity index (χ0v) is 65.9. The number of nitrogens with zero attached hydrogens (tertiary/aromatic N) is 8. The molecule has 1 atom stereocenters. The highest BCUT2D eigenvalue weighted by Crippen LogP contribution is 2.34. The fraction of sp³-hybridized carbons (Fsp3) is 0.338. The third-order valence-corrected chi connectivity index (χ3v) is 18.8. The molecule has 0 saturated carbocycles. The number of methoxy groups -OCH3 is 1. The molecule has 0 fully saturated rings. The number of halogens is 6. The maximum Gasteiger partial charge on any atom is 0.405 e. The van der Waals surface area contributed by atoms with E-state index < -0.39 is 100 Å². The third-order valence-electron chi connectivity index (χ3n) is 15.1. The van der Waals surface area contributed by atoms with E-state index in [-0.39, 0.29) is 82.8 Å². The average Bonchev–Trinajstić information content (AvgIpc) is 0.795. The minimum atomic E-state index is -4.66. The second kappa shape index (κ2) is 38.7. The lowest BCUT2D eigenvalue weighted by Crippen LogP contribution is -2.36. The van der Waals surface area contributed by atoms with Gasteiger partial charge in [0, 0.05) is 88.3 Å². The standard InChI is InChI=1S/C26H31FN4O4S.C26H30FN3O6S.C25H26F4N4O4S.6H2/c1-6-12-31(5)25-22(26(32)30-36(33,34)24-9-7-8-18(4)28-24)10-11-23(29-25)19-13-20(27)15-21(14-19)35-16-17(2)3;1-16(2)14-35-21-12-19(11-20(27)13-21)23-10-9-22(26(29-23)36-18(4)15-34-5)25(31)30-37(32,33)24-8-6-7-17(3)28-24;1-15(2)13-37-19-11-17(10-18(26)12-19)21-9-8-20(23(31-21)33(4)14-25(27,28)29)24(34)32-38(35,36)22-7-5-6-16(3)30-22;;;;;;/h7-11,13-15,17H,6,12,16H2,1-5H3,(H,30,32);6-13,16,18H,14-15H2,1-5H3,(H,30,31);5-12,15H,13-14H2,1-4H3,(H,32,34);6*1H/t;18-;;;;;;;/m.1......./s1. The second-order valence-electron chi connectivity index (χ2n) is 26.8. The van der Waals surface area contributed by atoms with Crippen LogP contribution in [0.4, 0.5) is 38.0 Å². The van der Waals surface area contributed by atoms with Crippen LogP contribution in [-0.4, -0.2) is 146 Å². The summed E-state index contributed by atoms with van der Waals surface area (Å²) in [6, 6.07) is 33.7. The topological polar surface area (TPSA) is 320 Å². The van der Waals surface area contributed by atoms with Crippen LogP contribution in [0.3, 0.4) is 0 Å². The Kier molecular flexibility index (Phi) is 30.5. The van der Waals surface area contributed by atoms with E-state index in [0.717, 1.165) is 31.7 Å². The van der Waals surface area contributed by atoms with Gasteiger partial charge < -0.3 is 33.5 Å². The van der Waals surface area contributed by atoms with Gasteiger partial charge in [-0.05, 0) is 161 Å². The van der Waals surface area contributed by atoms with Gasteiger partial charge >= 0.3 is 6.18 Å². The van der Waals surface area contributed by atoms with E-state index in [4.69, 9.17) is 23.7 Å². The first-order valence-corrected chi connectivity index (χ1v) is 39.1. The molecular weight excluding hydrogens is 1510 g/mol. The number of sulfonamides is 3. The van der Waals surface area contributed by atoms with Crippen LogP contribution in [0.25, 0.3) is 33.8 Å². The van der Waals surface area contributed by atoms with Gasteiger partial charge in [0.2, 0.25) is 5.88 Å². The van der Waals surface area contributed by atoms with Crippen LogP contribution >= 0.6 is 0 Å². The maximum absolute atomic E-state index is 14.3. The molecule has 3 amide bonds. The number of nitrogens with one attached hydrogen (secondary N) is 3. The van der Waals surface area contributed by atoms with Crippen LogP contribution in [0.5, 0.6) is 23.1 Å². The predicted octanol–water partition coefficient (Wildman–Crippen LogP) is 15.0. The van der Waals surface area contributed by atoms with Gasteiger partial charge in [0.25, 0.3) is 47.8 Å². The van der Waals surface area contributed by atoms with Crippen molar-refractivity contribution in [1.82, 2.24) is 44.1 Å². The Morgan fingerprint density at radius 3 is 1.12 bits per heavy atom. The molecule has 25 nitrogen and oxygen atoms in total. The minimum absolute atomic E-state index is 0. The highest BCUT2D eigenvalue weighted by molar-refractivity contribution is 7.90. The van der Waals surface area contributed by atoms with Crippen LogP contribution in [0.1, 0.15) is 119 Å². The van der Waals surface area contributed by atoms with Crippen LogP contribution in [-0.2, 0) is 34.8 Å². The average molecular weight is 1610 g/mol. The lowest BCUT2D eigenvalue weighted by Gasteiger charge is -2.23. The van der Waals surface area contributed by atoms with E-state index >= 15 is 0 Å². The molecule has 9 aromatic rings. The summed E-state index contributed by atoms with van der Waals surface area (Å²) in [5.41, 5.74) is 2.68. The molecule has 0 bridgehead atoms. The summed E-state index contributed by atoms with van der Waals surface area (Å²) in [4.78, 5) is 66.5. The van der Waals surface area contributed by atoms with Crippen molar-refractivity contribution in [2.45, 2.75) is 110 Å². The number of pyridine rings is 6. The van der Waals surface area contributed by atoms with Gasteiger partial charge in [0.1, 0.15) is 64.5 Å². The predicted molar refractivity (Wildman–Crippen MR) is 418 cm³/mol. The summed E-state index contributed by atoms with van der Waals surface area (Å²) < 4.78 is 193. The van der Waals surface area contributed by atoms with Gasteiger partial charge in [-0.15, -0.1) is 0 Å². The molecule has 6 aromatic heterocycles. The number of aromatic nitrogens is 6. The molecule has 0 unspecified atom stereocenters. The molecule has 0 saturated heterocycles. The van der Waals surface area contributed by atoms with Gasteiger partial charge in [-0.3, -0.25) is 14.4 Å². The van der Waals surface area contributed by atoms with Gasteiger partial charge in [0.05, 0.1) is 54.6 Å². The fourth-order valence-corrected chi connectivity index (χ4v) is 13.1. The highest BCUT2D eigenvalue weighted by atomic mass is 32.2. The van der Waals surface area contributed by atoms with Gasteiger partial charge in [0.15, 0.2) is 15.1 Å². The molecule has 0 aliphatic rings. The van der Waals surface area contributed by atoms with E-state index in [0.29, 0.717) is 82.4 Å². The molecule has 0 aliphatic heterocycles. The number of benzene rings is 3. The molecule has 6 heterocycles. The summed E-state index contributed by atoms with van der Waals surface area (Å²) in [6.07, 6.45) is -4.41. The van der Waals surface area contributed by atoms with Crippen LogP contribution in [0, 0.1) is 56.0 Å². The molecule has 111 heavy (non-hydrogen) atoms. The number of anilines is 2. The number of carbonyl (C=O) groups is 3. The number of alkyl halides is 3. The van der Waals surface area contributed by atoms with E-state index in [9.17, 15) is 66.0 Å². The molecule has 34 heteroatoms. The molecule has 606 valence electrons. The van der Waals surface area contributed by atoms with E-state index in [1.807, 2.05) is 57.9 Å². The number of hydrogen-bond donors (Lipinski definition) is 3. The summed E-state index contributed by atoms with van der Waals surface area (Å²) in [5.74, 6) is -3.41. The van der Waals surface area contributed by atoms with Crippen LogP contribution in [0.2, 0.25) is 0 Å². The SMILES string of the molecule is CCCN(C)c1nc(-c2cc(F)cc(OCC(C)C)c2)ccc1C(=O)NS(=O)(=O)c1cccc(C)n1.COC[C@@H](C)Oc1nc(-c2cc(F)cc(OCC(C)C)c2)ccc1C(=O)NS(=O)(=O)c1cccc(C)n1.Cc1cccc(S(=O)(=O)NC(=O)c2ccc(-c3cc(F)cc(OCC(C)C)c3)nc2N(C)CC(F)(F)F)n1.[HH].[HH].[HH].[HH].[HH].[HH]. The van der Waals surface area contributed by atoms with Crippen molar-refractivity contribution in [3.63, 3.8) is 0 Å². The summed E-state index contributed by atoms with van der Waals surface area (Å²) in [7, 11) is -8.59. The zero-order chi connectivity index (χ0) is 81.9. The maximum atomic E-state index is 14.3. The number of ether oxygens (including phenoxy) is 5. The normalized spacial score (nSPS) is 11.9. The smallest absolute Gasteiger partial charge is 0.405 e. The third kappa shape index (κ3) is 26.2. The highest BCUT2D eigenvalue weighted by Gasteiger charge is 2.33. The number of carbonyl (C=O) groups excluding carboxylic acids is 3. The van der Waals surface area contributed by atoms with Crippen LogP contribution in [0.15, 0.2) is 161 Å². The Balaban J connectivity index is 0.000000856. The van der Waals surface area contributed by atoms with Crippen molar-refractivity contribution < 1.29 is 98.2 Å². The number of aryl methyl sites for hydroxylation is 3. The second-order valence-corrected chi connectivity index (χ2v) is 31.6. The van der Waals surface area contributed by atoms with Gasteiger partial charge in [-0.2, -0.15) is 38.4 Å². The fourth-order valence-electron chi connectivity index (χ4n) is 10.1. The van der Waals surface area contributed by atoms with Crippen LogP contribution < -0.4 is 42.9 Å². The minimum Gasteiger partial charge on any atom is -0.493 e. The Morgan fingerprint density at radius 1 is 0.459 bits per heavy atom. The van der Waals surface area contributed by atoms with Gasteiger partial charge in [-0.1, -0.05) is 66.7 Å². The lowest BCUT2D eigenvalue weighted by molar-refractivity contribution is -0.119. The molecule has 0 aliphatic carbocycles. The van der Waals surface area contributed by atoms with Gasteiger partial charge in [-0.25, -0.2) is 57.2 Å². The Bertz CT molecular complexity index is 5180. The van der Waals surface area contributed by atoms with Crippen molar-refractivity contribution >= 4 is 59.4 Å². The van der Waals surface area contributed by atoms with E-state index in [2.05, 4.69) is 34.6 Å². The molecular formula is C77H99F6N11O14S3. The molecule has 3 N–H and O–H groups in total. The largest absolute Gasteiger partial charge is 0.493 e. The van der Waals surface area contributed by atoms with E-state index in [1.165, 1.54) is 92.0 Å². The first-order valence-electron chi connectivity index (χ1n) is 34.6. The number of rotatable bonds is 30. The molecule has 3 aromatic carbocycles. The Labute approximate surface area is 650 Å². The Hall–Kier alpha value is -10.8. The lowest BCUT2D eigenvalue weighted by atomic mass is 10.1. The first kappa shape index (κ1) is 87.4. The summed E-state index contributed by atoms with van der Waals surface area (Å²) >= 11 is 0. The van der Waals surface area contributed by atoms with Crippen molar-refractivity contribution in [1.29, 1.82) is 0 Å². The first-order chi connectivity index (χ1) is 52.1. The molecule has 9 rings (SSSR count). The van der Waals surface area contributed by atoms with Crippen molar-refractivity contribution in [2.75, 3.05) is 70.5 Å². The Morgan fingerprint density at radius 2 is 0.793 bits per heavy atom. The van der Waals surface area contributed by atoms with E-state index in [1.54, 1.807) is 82.1 Å². The van der Waals surface area contributed by atoms with Crippen molar-refractivity contribution in [3.05, 3.63) is 197 Å². The summed E-state index contributed by atoms with van der Waals surface area (Å²) in [5, 5.41) is -0.985. The zero-order valence-electron chi connectivity index (χ0n) is 63.4. The molecule has 0 spiro atoms. The summed E-state index contributed by atoms with van der Waals surface area (Å²) in [6.45, 7) is 20.7. The number of amides is 3. The molecule has 0 radical (unpaired) electrons. The van der Waals surface area contributed by atoms with Crippen molar-refractivity contribution in [3.8, 4) is 56.9 Å². The monoisotopic (exact) mass is 1610 g/mol. The number of hydrogen-bond acceptors (Lipinski definition) is 22. The quantitative estimate of drug-likeness (QED) is 0.0352. The van der Waals surface area contributed by atoms with Crippen molar-refractivity contribution in [2.24, 2.45) is 17.8 Å².